The Morgan fingerprint density at radius 1 is 1.42 bits per heavy atom. The number of ether oxygens (including phenoxy) is 1. The van der Waals surface area contributed by atoms with Gasteiger partial charge in [0.05, 0.1) is 25.5 Å². The first-order valence-corrected chi connectivity index (χ1v) is 6.14. The van der Waals surface area contributed by atoms with Gasteiger partial charge in [-0.15, -0.1) is 0 Å². The quantitative estimate of drug-likeness (QED) is 0.831. The van der Waals surface area contributed by atoms with E-state index in [1.165, 1.54) is 0 Å². The number of methoxy groups -OCH3 is 1. The van der Waals surface area contributed by atoms with Crippen molar-refractivity contribution in [1.82, 2.24) is 10.5 Å². The van der Waals surface area contributed by atoms with Crippen LogP contribution in [0.2, 0.25) is 0 Å². The predicted molar refractivity (Wildman–Crippen MR) is 70.9 cm³/mol. The molecule has 1 aromatic heterocycles. The Morgan fingerprint density at radius 2 is 2.26 bits per heavy atom. The number of rotatable bonds is 6. The molecule has 0 amide bonds. The average molecular weight is 262 g/mol. The highest BCUT2D eigenvalue weighted by atomic mass is 16.5. The summed E-state index contributed by atoms with van der Waals surface area (Å²) in [6.07, 6.45) is -0.584. The zero-order chi connectivity index (χ0) is 13.7. The third-order valence-corrected chi connectivity index (χ3v) is 2.79. The van der Waals surface area contributed by atoms with Crippen LogP contribution in [-0.2, 0) is 6.54 Å². The van der Waals surface area contributed by atoms with E-state index in [0.717, 1.165) is 22.8 Å². The van der Waals surface area contributed by atoms with Crippen molar-refractivity contribution in [1.29, 1.82) is 0 Å². The summed E-state index contributed by atoms with van der Waals surface area (Å²) < 4.78 is 10.2. The number of hydrogen-bond donors (Lipinski definition) is 2. The largest absolute Gasteiger partial charge is 0.497 e. The first kappa shape index (κ1) is 13.6. The van der Waals surface area contributed by atoms with Gasteiger partial charge in [-0.2, -0.15) is 0 Å². The predicted octanol–water partition coefficient (Wildman–Crippen LogP) is 1.81. The molecular weight excluding hydrogens is 244 g/mol. The van der Waals surface area contributed by atoms with Crippen molar-refractivity contribution < 1.29 is 14.4 Å². The maximum absolute atomic E-state index is 10.1. The highest BCUT2D eigenvalue weighted by molar-refractivity contribution is 5.29. The van der Waals surface area contributed by atoms with Crippen LogP contribution < -0.4 is 10.1 Å². The van der Waals surface area contributed by atoms with E-state index in [2.05, 4.69) is 10.5 Å². The van der Waals surface area contributed by atoms with Gasteiger partial charge in [0.1, 0.15) is 5.75 Å². The van der Waals surface area contributed by atoms with Gasteiger partial charge in [0, 0.05) is 12.6 Å². The summed E-state index contributed by atoms with van der Waals surface area (Å²) in [7, 11) is 1.61. The van der Waals surface area contributed by atoms with Crippen LogP contribution in [0, 0.1) is 6.92 Å². The summed E-state index contributed by atoms with van der Waals surface area (Å²) in [5.74, 6) is 1.50. The Balaban J connectivity index is 1.85. The van der Waals surface area contributed by atoms with Crippen LogP contribution in [0.15, 0.2) is 34.9 Å². The number of hydrogen-bond acceptors (Lipinski definition) is 5. The van der Waals surface area contributed by atoms with Gasteiger partial charge in [0.15, 0.2) is 5.76 Å². The van der Waals surface area contributed by atoms with Gasteiger partial charge in [-0.25, -0.2) is 0 Å². The molecule has 2 N–H and O–H groups in total. The molecule has 0 fully saturated rings. The van der Waals surface area contributed by atoms with Crippen LogP contribution in [0.4, 0.5) is 0 Å². The van der Waals surface area contributed by atoms with Crippen molar-refractivity contribution in [3.63, 3.8) is 0 Å². The summed E-state index contributed by atoms with van der Waals surface area (Å²) in [5, 5.41) is 17.0. The molecule has 1 heterocycles. The molecular formula is C14H18N2O3. The SMILES string of the molecule is COc1cccc(C(O)CNCc2cc(C)no2)c1. The van der Waals surface area contributed by atoms with Gasteiger partial charge >= 0.3 is 0 Å². The van der Waals surface area contributed by atoms with Crippen LogP contribution in [0.25, 0.3) is 0 Å². The van der Waals surface area contributed by atoms with E-state index in [-0.39, 0.29) is 0 Å². The molecule has 102 valence electrons. The first-order valence-electron chi connectivity index (χ1n) is 6.14. The molecule has 2 aromatic rings. The van der Waals surface area contributed by atoms with Crippen molar-refractivity contribution in [3.8, 4) is 5.75 Å². The lowest BCUT2D eigenvalue weighted by atomic mass is 10.1. The molecule has 0 saturated carbocycles. The summed E-state index contributed by atoms with van der Waals surface area (Å²) in [4.78, 5) is 0. The number of aliphatic hydroxyl groups excluding tert-OH is 1. The Kier molecular flexibility index (Phi) is 4.54. The van der Waals surface area contributed by atoms with Gasteiger partial charge in [0.2, 0.25) is 0 Å². The van der Waals surface area contributed by atoms with Crippen LogP contribution in [-0.4, -0.2) is 23.9 Å². The van der Waals surface area contributed by atoms with Crippen molar-refractivity contribution >= 4 is 0 Å². The minimum Gasteiger partial charge on any atom is -0.497 e. The number of nitrogens with one attached hydrogen (secondary N) is 1. The first-order chi connectivity index (χ1) is 9.19. The standard InChI is InChI=1S/C14H18N2O3/c1-10-6-13(19-16-10)8-15-9-14(17)11-4-3-5-12(7-11)18-2/h3-7,14-15,17H,8-9H2,1-2H3. The summed E-state index contributed by atoms with van der Waals surface area (Å²) >= 11 is 0. The van der Waals surface area contributed by atoms with Gasteiger partial charge in [-0.3, -0.25) is 0 Å². The topological polar surface area (TPSA) is 67.5 Å². The minimum atomic E-state index is -0.584. The highest BCUT2D eigenvalue weighted by Gasteiger charge is 2.08. The van der Waals surface area contributed by atoms with Crippen LogP contribution in [0.1, 0.15) is 23.1 Å². The fraction of sp³-hybridized carbons (Fsp3) is 0.357. The monoisotopic (exact) mass is 262 g/mol. The van der Waals surface area contributed by atoms with E-state index >= 15 is 0 Å². The summed E-state index contributed by atoms with van der Waals surface area (Å²) in [5.41, 5.74) is 1.67. The Labute approximate surface area is 112 Å². The van der Waals surface area contributed by atoms with Crippen LogP contribution in [0.5, 0.6) is 5.75 Å². The summed E-state index contributed by atoms with van der Waals surface area (Å²) in [6.45, 7) is 2.85. The third-order valence-electron chi connectivity index (χ3n) is 2.79. The molecule has 1 atom stereocenters. The average Bonchev–Trinajstić information content (AvgIpc) is 2.84. The second-order valence-electron chi connectivity index (χ2n) is 4.36. The van der Waals surface area contributed by atoms with E-state index in [1.807, 2.05) is 37.3 Å². The van der Waals surface area contributed by atoms with Gasteiger partial charge in [-0.1, -0.05) is 17.3 Å². The van der Waals surface area contributed by atoms with Gasteiger partial charge < -0.3 is 19.7 Å². The zero-order valence-electron chi connectivity index (χ0n) is 11.1. The normalized spacial score (nSPS) is 12.4. The Morgan fingerprint density at radius 3 is 2.95 bits per heavy atom. The maximum Gasteiger partial charge on any atom is 0.150 e. The smallest absolute Gasteiger partial charge is 0.150 e. The number of nitrogens with zero attached hydrogens (tertiary/aromatic N) is 1. The molecule has 0 aliphatic heterocycles. The molecule has 5 nitrogen and oxygen atoms in total. The highest BCUT2D eigenvalue weighted by Crippen LogP contribution is 2.18. The molecule has 19 heavy (non-hydrogen) atoms. The zero-order valence-corrected chi connectivity index (χ0v) is 11.1. The summed E-state index contributed by atoms with van der Waals surface area (Å²) in [6, 6.07) is 9.27. The second kappa shape index (κ2) is 6.36. The lowest BCUT2D eigenvalue weighted by Crippen LogP contribution is -2.20. The molecule has 0 bridgehead atoms. The molecule has 0 spiro atoms. The van der Waals surface area contributed by atoms with E-state index in [1.54, 1.807) is 7.11 Å². The Bertz CT molecular complexity index is 525. The van der Waals surface area contributed by atoms with Gasteiger partial charge in [-0.05, 0) is 24.6 Å². The third kappa shape index (κ3) is 3.81. The van der Waals surface area contributed by atoms with Crippen molar-refractivity contribution in [2.45, 2.75) is 19.6 Å². The second-order valence-corrected chi connectivity index (χ2v) is 4.36. The van der Waals surface area contributed by atoms with E-state index in [4.69, 9.17) is 9.26 Å². The fourth-order valence-electron chi connectivity index (χ4n) is 1.80. The minimum absolute atomic E-state index is 0.437. The molecule has 0 radical (unpaired) electrons. The lowest BCUT2D eigenvalue weighted by Gasteiger charge is -2.12. The van der Waals surface area contributed by atoms with Crippen molar-refractivity contribution in [3.05, 3.63) is 47.3 Å². The Hall–Kier alpha value is -1.85. The van der Waals surface area contributed by atoms with Crippen LogP contribution in [0.3, 0.4) is 0 Å². The molecule has 0 aliphatic rings. The molecule has 0 aliphatic carbocycles. The number of benzene rings is 1. The number of aryl methyl sites for hydroxylation is 1. The molecule has 2 rings (SSSR count). The molecule has 1 aromatic carbocycles. The van der Waals surface area contributed by atoms with Crippen molar-refractivity contribution in [2.24, 2.45) is 0 Å². The number of aliphatic hydroxyl groups is 1. The molecule has 5 heteroatoms. The number of aromatic nitrogens is 1. The molecule has 0 saturated heterocycles. The van der Waals surface area contributed by atoms with E-state index in [0.29, 0.717) is 13.1 Å². The molecule has 1 unspecified atom stereocenters. The van der Waals surface area contributed by atoms with Crippen LogP contribution >= 0.6 is 0 Å². The maximum atomic E-state index is 10.1. The van der Waals surface area contributed by atoms with E-state index < -0.39 is 6.10 Å². The van der Waals surface area contributed by atoms with Crippen molar-refractivity contribution in [2.75, 3.05) is 13.7 Å². The lowest BCUT2D eigenvalue weighted by molar-refractivity contribution is 0.172. The van der Waals surface area contributed by atoms with E-state index in [9.17, 15) is 5.11 Å². The fourth-order valence-corrected chi connectivity index (χ4v) is 1.80. The van der Waals surface area contributed by atoms with Gasteiger partial charge in [0.25, 0.3) is 0 Å².